The predicted octanol–water partition coefficient (Wildman–Crippen LogP) is 1.08. The molecule has 0 aliphatic heterocycles. The molecule has 0 radical (unpaired) electrons. The van der Waals surface area contributed by atoms with Gasteiger partial charge in [-0.25, -0.2) is 4.79 Å². The van der Waals surface area contributed by atoms with Gasteiger partial charge in [-0.2, -0.15) is 0 Å². The number of nitrogens with two attached hydrogens (primary N) is 1. The van der Waals surface area contributed by atoms with Crippen molar-refractivity contribution in [2.45, 2.75) is 19.4 Å². The molecule has 92 valence electrons. The lowest BCUT2D eigenvalue weighted by Gasteiger charge is -2.20. The zero-order chi connectivity index (χ0) is 13.0. The molecule has 1 atom stereocenters. The van der Waals surface area contributed by atoms with Crippen LogP contribution in [0.3, 0.4) is 0 Å². The first-order chi connectivity index (χ1) is 7.97. The van der Waals surface area contributed by atoms with Crippen molar-refractivity contribution >= 4 is 17.6 Å². The lowest BCUT2D eigenvalue weighted by molar-refractivity contribution is -0.119. The van der Waals surface area contributed by atoms with Crippen LogP contribution in [0.15, 0.2) is 24.3 Å². The maximum atomic E-state index is 11.8. The van der Waals surface area contributed by atoms with Gasteiger partial charge in [0.05, 0.1) is 11.6 Å². The van der Waals surface area contributed by atoms with Crippen molar-refractivity contribution in [1.82, 2.24) is 0 Å². The molecule has 0 aromatic heterocycles. The van der Waals surface area contributed by atoms with Crippen LogP contribution >= 0.6 is 0 Å². The van der Waals surface area contributed by atoms with E-state index in [4.69, 9.17) is 10.8 Å². The summed E-state index contributed by atoms with van der Waals surface area (Å²) in [4.78, 5) is 23.9. The van der Waals surface area contributed by atoms with Crippen LogP contribution in [0.2, 0.25) is 0 Å². The average molecular weight is 236 g/mol. The molecule has 1 aromatic rings. The Labute approximate surface area is 99.8 Å². The summed E-state index contributed by atoms with van der Waals surface area (Å²) in [6, 6.07) is 5.56. The highest BCUT2D eigenvalue weighted by atomic mass is 16.4. The van der Waals surface area contributed by atoms with Crippen LogP contribution in [0.25, 0.3) is 0 Å². The average Bonchev–Trinajstić information content (AvgIpc) is 2.36. The number of amides is 1. The fraction of sp³-hybridized carbons (Fsp3) is 0.333. The number of nitrogens with zero attached hydrogens (tertiary/aromatic N) is 1. The molecule has 17 heavy (non-hydrogen) atoms. The van der Waals surface area contributed by atoms with E-state index in [1.807, 2.05) is 6.92 Å². The molecule has 0 saturated carbocycles. The Morgan fingerprint density at radius 3 is 2.29 bits per heavy atom. The summed E-state index contributed by atoms with van der Waals surface area (Å²) >= 11 is 0. The van der Waals surface area contributed by atoms with Gasteiger partial charge in [0.2, 0.25) is 5.91 Å². The number of benzene rings is 1. The summed E-state index contributed by atoms with van der Waals surface area (Å²) in [5, 5.41) is 8.75. The highest BCUT2D eigenvalue weighted by Crippen LogP contribution is 2.15. The van der Waals surface area contributed by atoms with E-state index >= 15 is 0 Å². The number of carboxylic acids is 1. The van der Waals surface area contributed by atoms with Crippen LogP contribution in [-0.2, 0) is 4.79 Å². The number of anilines is 1. The van der Waals surface area contributed by atoms with Gasteiger partial charge >= 0.3 is 5.97 Å². The van der Waals surface area contributed by atoms with Crippen molar-refractivity contribution in [3.8, 4) is 0 Å². The Morgan fingerprint density at radius 1 is 1.35 bits per heavy atom. The largest absolute Gasteiger partial charge is 0.478 e. The second kappa shape index (κ2) is 5.45. The van der Waals surface area contributed by atoms with E-state index in [1.165, 1.54) is 17.0 Å². The Hall–Kier alpha value is -1.88. The van der Waals surface area contributed by atoms with E-state index in [0.29, 0.717) is 12.1 Å². The van der Waals surface area contributed by atoms with Crippen LogP contribution in [0.5, 0.6) is 0 Å². The normalized spacial score (nSPS) is 11.9. The maximum absolute atomic E-state index is 11.8. The van der Waals surface area contributed by atoms with Crippen LogP contribution in [0.1, 0.15) is 23.7 Å². The molecule has 1 aromatic carbocycles. The van der Waals surface area contributed by atoms with Crippen molar-refractivity contribution in [1.29, 1.82) is 0 Å². The third-order valence-corrected chi connectivity index (χ3v) is 2.59. The Bertz CT molecular complexity index is 414. The third kappa shape index (κ3) is 3.04. The molecule has 5 nitrogen and oxygen atoms in total. The molecular formula is C12H16N2O3. The molecule has 1 amide bonds. The number of carboxylic acid groups (broad SMARTS) is 1. The predicted molar refractivity (Wildman–Crippen MR) is 65.1 cm³/mol. The van der Waals surface area contributed by atoms with Crippen LogP contribution < -0.4 is 10.6 Å². The van der Waals surface area contributed by atoms with Crippen molar-refractivity contribution in [2.24, 2.45) is 5.73 Å². The van der Waals surface area contributed by atoms with E-state index in [0.717, 1.165) is 0 Å². The smallest absolute Gasteiger partial charge is 0.335 e. The summed E-state index contributed by atoms with van der Waals surface area (Å²) in [7, 11) is 1.62. The SMILES string of the molecule is CCC(N)C(=O)N(C)c1ccc(C(=O)O)cc1. The summed E-state index contributed by atoms with van der Waals surface area (Å²) in [5.41, 5.74) is 6.47. The number of carbonyl (C=O) groups is 2. The van der Waals surface area contributed by atoms with Crippen molar-refractivity contribution in [2.75, 3.05) is 11.9 Å². The number of likely N-dealkylation sites (N-methyl/N-ethyl adjacent to an activating group) is 1. The van der Waals surface area contributed by atoms with Gasteiger partial charge in [-0.1, -0.05) is 6.92 Å². The summed E-state index contributed by atoms with van der Waals surface area (Å²) in [6.45, 7) is 1.84. The Morgan fingerprint density at radius 2 is 1.88 bits per heavy atom. The number of rotatable bonds is 4. The van der Waals surface area contributed by atoms with Crippen molar-refractivity contribution in [3.63, 3.8) is 0 Å². The lowest BCUT2D eigenvalue weighted by Crippen LogP contribution is -2.41. The molecule has 0 aliphatic carbocycles. The van der Waals surface area contributed by atoms with E-state index in [9.17, 15) is 9.59 Å². The van der Waals surface area contributed by atoms with Crippen LogP contribution in [0, 0.1) is 0 Å². The van der Waals surface area contributed by atoms with Gasteiger partial charge in [-0.05, 0) is 30.7 Å². The standard InChI is InChI=1S/C12H16N2O3/c1-3-10(13)11(15)14(2)9-6-4-8(5-7-9)12(16)17/h4-7,10H,3,13H2,1-2H3,(H,16,17). The maximum Gasteiger partial charge on any atom is 0.335 e. The number of aromatic carboxylic acids is 1. The quantitative estimate of drug-likeness (QED) is 0.819. The number of carbonyl (C=O) groups excluding carboxylic acids is 1. The molecule has 0 aliphatic rings. The van der Waals surface area contributed by atoms with E-state index in [-0.39, 0.29) is 11.5 Å². The molecule has 0 fully saturated rings. The molecule has 0 saturated heterocycles. The molecule has 5 heteroatoms. The summed E-state index contributed by atoms with van der Waals surface area (Å²) in [5.74, 6) is -1.17. The first-order valence-electron chi connectivity index (χ1n) is 5.34. The molecule has 1 unspecified atom stereocenters. The monoisotopic (exact) mass is 236 g/mol. The van der Waals surface area contributed by atoms with E-state index in [1.54, 1.807) is 19.2 Å². The number of hydrogen-bond acceptors (Lipinski definition) is 3. The lowest BCUT2D eigenvalue weighted by atomic mass is 10.1. The molecule has 3 N–H and O–H groups in total. The fourth-order valence-corrected chi connectivity index (χ4v) is 1.38. The second-order valence-corrected chi connectivity index (χ2v) is 3.76. The van der Waals surface area contributed by atoms with E-state index in [2.05, 4.69) is 0 Å². The zero-order valence-corrected chi connectivity index (χ0v) is 9.88. The van der Waals surface area contributed by atoms with Gasteiger partial charge in [0.15, 0.2) is 0 Å². The van der Waals surface area contributed by atoms with Crippen LogP contribution in [0.4, 0.5) is 5.69 Å². The van der Waals surface area contributed by atoms with Gasteiger partial charge in [-0.3, -0.25) is 4.79 Å². The molecular weight excluding hydrogens is 220 g/mol. The highest BCUT2D eigenvalue weighted by Gasteiger charge is 2.17. The summed E-state index contributed by atoms with van der Waals surface area (Å²) in [6.07, 6.45) is 0.566. The van der Waals surface area contributed by atoms with Crippen molar-refractivity contribution < 1.29 is 14.7 Å². The molecule has 0 spiro atoms. The highest BCUT2D eigenvalue weighted by molar-refractivity contribution is 5.97. The van der Waals surface area contributed by atoms with Crippen LogP contribution in [-0.4, -0.2) is 30.1 Å². The first-order valence-corrected chi connectivity index (χ1v) is 5.34. The van der Waals surface area contributed by atoms with Gasteiger partial charge in [0.1, 0.15) is 0 Å². The van der Waals surface area contributed by atoms with Gasteiger partial charge in [-0.15, -0.1) is 0 Å². The third-order valence-electron chi connectivity index (χ3n) is 2.59. The minimum Gasteiger partial charge on any atom is -0.478 e. The molecule has 0 bridgehead atoms. The van der Waals surface area contributed by atoms with Gasteiger partial charge in [0.25, 0.3) is 0 Å². The van der Waals surface area contributed by atoms with E-state index < -0.39 is 12.0 Å². The van der Waals surface area contributed by atoms with Crippen molar-refractivity contribution in [3.05, 3.63) is 29.8 Å². The minimum absolute atomic E-state index is 0.185. The summed E-state index contributed by atoms with van der Waals surface area (Å²) < 4.78 is 0. The van der Waals surface area contributed by atoms with Gasteiger partial charge in [0, 0.05) is 12.7 Å². The molecule has 0 heterocycles. The Balaban J connectivity index is 2.86. The minimum atomic E-state index is -0.990. The topological polar surface area (TPSA) is 83.6 Å². The molecule has 1 rings (SSSR count). The second-order valence-electron chi connectivity index (χ2n) is 3.76. The fourth-order valence-electron chi connectivity index (χ4n) is 1.38. The first kappa shape index (κ1) is 13.2. The zero-order valence-electron chi connectivity index (χ0n) is 9.88. The number of hydrogen-bond donors (Lipinski definition) is 2. The Kier molecular flexibility index (Phi) is 4.23. The van der Waals surface area contributed by atoms with Gasteiger partial charge < -0.3 is 15.7 Å².